The third kappa shape index (κ3) is 4.35. The van der Waals surface area contributed by atoms with Crippen molar-refractivity contribution in [1.82, 2.24) is 29.5 Å². The monoisotopic (exact) mass is 425 g/mol. The lowest BCUT2D eigenvalue weighted by Crippen LogP contribution is -2.52. The number of hydrogen-bond acceptors (Lipinski definition) is 6. The van der Waals surface area contributed by atoms with Crippen LogP contribution < -0.4 is 4.90 Å². The average molecular weight is 425 g/mol. The van der Waals surface area contributed by atoms with Crippen LogP contribution in [0.25, 0.3) is 11.0 Å². The number of anilines is 1. The molecule has 0 aliphatic carbocycles. The predicted octanol–water partition coefficient (Wildman–Crippen LogP) is 1.59. The van der Waals surface area contributed by atoms with E-state index in [-0.39, 0.29) is 11.8 Å². The zero-order valence-corrected chi connectivity index (χ0v) is 17.2. The Kier molecular flexibility index (Phi) is 5.56. The maximum absolute atomic E-state index is 12.9. The van der Waals surface area contributed by atoms with E-state index in [2.05, 4.69) is 20.0 Å². The van der Waals surface area contributed by atoms with Gasteiger partial charge in [0.1, 0.15) is 11.6 Å². The first-order chi connectivity index (χ1) is 14.2. The number of piperidine rings is 1. The van der Waals surface area contributed by atoms with Crippen LogP contribution in [0, 0.1) is 12.8 Å². The fourth-order valence-electron chi connectivity index (χ4n) is 4.34. The maximum atomic E-state index is 12.9. The van der Waals surface area contributed by atoms with Crippen LogP contribution in [-0.4, -0.2) is 87.4 Å². The van der Waals surface area contributed by atoms with Crippen LogP contribution in [0.15, 0.2) is 6.20 Å². The van der Waals surface area contributed by atoms with E-state index in [1.54, 1.807) is 10.9 Å². The quantitative estimate of drug-likeness (QED) is 0.744. The smallest absolute Gasteiger partial charge is 0.352 e. The van der Waals surface area contributed by atoms with Gasteiger partial charge in [0.25, 0.3) is 0 Å². The molecule has 2 aromatic heterocycles. The Balaban J connectivity index is 1.35. The summed E-state index contributed by atoms with van der Waals surface area (Å²) in [5, 5.41) is 5.16. The Morgan fingerprint density at radius 2 is 1.77 bits per heavy atom. The van der Waals surface area contributed by atoms with Crippen molar-refractivity contribution in [1.29, 1.82) is 0 Å². The minimum Gasteiger partial charge on any atom is -0.352 e. The van der Waals surface area contributed by atoms with Crippen molar-refractivity contribution in [2.45, 2.75) is 25.9 Å². The van der Waals surface area contributed by atoms with E-state index in [1.165, 1.54) is 4.90 Å². The van der Waals surface area contributed by atoms with E-state index in [0.717, 1.165) is 16.9 Å². The van der Waals surface area contributed by atoms with E-state index in [0.29, 0.717) is 57.9 Å². The summed E-state index contributed by atoms with van der Waals surface area (Å²) in [6, 6.07) is 0. The first kappa shape index (κ1) is 20.8. The molecule has 2 saturated heterocycles. The SMILES string of the molecule is Cc1nc(N2CCN(C(=O)C3CCN(CC(F)(F)F)CC3)CC2)c2cnn(C)c2n1. The minimum atomic E-state index is -4.19. The van der Waals surface area contributed by atoms with Gasteiger partial charge in [-0.05, 0) is 32.9 Å². The van der Waals surface area contributed by atoms with Crippen molar-refractivity contribution < 1.29 is 18.0 Å². The number of nitrogens with zero attached hydrogens (tertiary/aromatic N) is 7. The second-order valence-corrected chi connectivity index (χ2v) is 8.08. The molecule has 0 radical (unpaired) electrons. The predicted molar refractivity (Wildman–Crippen MR) is 105 cm³/mol. The summed E-state index contributed by atoms with van der Waals surface area (Å²) in [4.78, 5) is 27.3. The molecule has 8 nitrogen and oxygen atoms in total. The molecule has 30 heavy (non-hydrogen) atoms. The number of piperazine rings is 1. The van der Waals surface area contributed by atoms with Gasteiger partial charge in [-0.15, -0.1) is 0 Å². The number of halogens is 3. The number of alkyl halides is 3. The van der Waals surface area contributed by atoms with Crippen molar-refractivity contribution >= 4 is 22.8 Å². The molecule has 1 amide bonds. The Morgan fingerprint density at radius 1 is 1.10 bits per heavy atom. The molecular weight excluding hydrogens is 399 g/mol. The lowest BCUT2D eigenvalue weighted by molar-refractivity contribution is -0.151. The molecule has 0 bridgehead atoms. The highest BCUT2D eigenvalue weighted by molar-refractivity contribution is 5.87. The summed E-state index contributed by atoms with van der Waals surface area (Å²) >= 11 is 0. The average Bonchev–Trinajstić information content (AvgIpc) is 3.07. The number of carbonyl (C=O) groups is 1. The third-order valence-electron chi connectivity index (χ3n) is 5.91. The second kappa shape index (κ2) is 8.01. The van der Waals surface area contributed by atoms with E-state index in [9.17, 15) is 18.0 Å². The Hall–Kier alpha value is -2.43. The van der Waals surface area contributed by atoms with E-state index in [1.807, 2.05) is 18.9 Å². The summed E-state index contributed by atoms with van der Waals surface area (Å²) in [6.07, 6.45) is -1.46. The van der Waals surface area contributed by atoms with Gasteiger partial charge in [0.05, 0.1) is 18.1 Å². The van der Waals surface area contributed by atoms with Crippen molar-refractivity contribution in [3.63, 3.8) is 0 Å². The molecule has 4 heterocycles. The van der Waals surface area contributed by atoms with Gasteiger partial charge < -0.3 is 9.80 Å². The first-order valence-corrected chi connectivity index (χ1v) is 10.2. The van der Waals surface area contributed by atoms with Gasteiger partial charge in [0.15, 0.2) is 5.65 Å². The molecule has 2 aliphatic rings. The van der Waals surface area contributed by atoms with Crippen LogP contribution in [0.2, 0.25) is 0 Å². The van der Waals surface area contributed by atoms with Crippen LogP contribution in [0.1, 0.15) is 18.7 Å². The molecule has 0 atom stereocenters. The molecule has 2 aliphatic heterocycles. The summed E-state index contributed by atoms with van der Waals surface area (Å²) < 4.78 is 39.4. The van der Waals surface area contributed by atoms with Crippen molar-refractivity contribution in [2.75, 3.05) is 50.7 Å². The highest BCUT2D eigenvalue weighted by atomic mass is 19.4. The van der Waals surface area contributed by atoms with Gasteiger partial charge in [-0.2, -0.15) is 18.3 Å². The fraction of sp³-hybridized carbons (Fsp3) is 0.684. The van der Waals surface area contributed by atoms with Crippen molar-refractivity contribution in [3.05, 3.63) is 12.0 Å². The molecule has 2 fully saturated rings. The highest BCUT2D eigenvalue weighted by Gasteiger charge is 2.35. The van der Waals surface area contributed by atoms with E-state index < -0.39 is 12.7 Å². The number of likely N-dealkylation sites (tertiary alicyclic amines) is 1. The summed E-state index contributed by atoms with van der Waals surface area (Å²) in [5.74, 6) is 1.38. The number of aryl methyl sites for hydroxylation is 2. The molecule has 0 N–H and O–H groups in total. The van der Waals surface area contributed by atoms with E-state index in [4.69, 9.17) is 0 Å². The standard InChI is InChI=1S/C19H26F3N7O/c1-13-24-16-15(11-23-26(16)2)17(25-13)28-7-9-29(10-8-28)18(30)14-3-5-27(6-4-14)12-19(20,21)22/h11,14H,3-10,12H2,1-2H3. The molecular formula is C19H26F3N7O. The number of carbonyl (C=O) groups excluding carboxylic acids is 1. The topological polar surface area (TPSA) is 70.4 Å². The van der Waals surface area contributed by atoms with Gasteiger partial charge in [-0.25, -0.2) is 9.97 Å². The molecule has 4 rings (SSSR count). The van der Waals surface area contributed by atoms with Crippen molar-refractivity contribution in [2.24, 2.45) is 13.0 Å². The molecule has 0 saturated carbocycles. The maximum Gasteiger partial charge on any atom is 0.401 e. The van der Waals surface area contributed by atoms with Gasteiger partial charge in [-0.3, -0.25) is 14.4 Å². The number of fused-ring (bicyclic) bond motifs is 1. The minimum absolute atomic E-state index is 0.0618. The second-order valence-electron chi connectivity index (χ2n) is 8.08. The first-order valence-electron chi connectivity index (χ1n) is 10.2. The lowest BCUT2D eigenvalue weighted by atomic mass is 9.95. The number of amides is 1. The summed E-state index contributed by atoms with van der Waals surface area (Å²) in [7, 11) is 1.84. The molecule has 0 aromatic carbocycles. The Bertz CT molecular complexity index is 913. The summed E-state index contributed by atoms with van der Waals surface area (Å²) in [6.45, 7) is 4.04. The van der Waals surface area contributed by atoms with Crippen LogP contribution in [-0.2, 0) is 11.8 Å². The Morgan fingerprint density at radius 3 is 2.40 bits per heavy atom. The molecule has 2 aromatic rings. The third-order valence-corrected chi connectivity index (χ3v) is 5.91. The zero-order chi connectivity index (χ0) is 21.5. The molecule has 164 valence electrons. The number of hydrogen-bond donors (Lipinski definition) is 0. The van der Waals surface area contributed by atoms with Gasteiger partial charge in [-0.1, -0.05) is 0 Å². The highest BCUT2D eigenvalue weighted by Crippen LogP contribution is 2.27. The van der Waals surface area contributed by atoms with Crippen LogP contribution in [0.3, 0.4) is 0 Å². The number of rotatable bonds is 3. The number of aromatic nitrogens is 4. The van der Waals surface area contributed by atoms with Crippen molar-refractivity contribution in [3.8, 4) is 0 Å². The molecule has 11 heteroatoms. The van der Waals surface area contributed by atoms with Gasteiger partial charge in [0, 0.05) is 39.1 Å². The van der Waals surface area contributed by atoms with E-state index >= 15 is 0 Å². The van der Waals surface area contributed by atoms with Crippen LogP contribution in [0.4, 0.5) is 19.0 Å². The van der Waals surface area contributed by atoms with Gasteiger partial charge in [0.2, 0.25) is 5.91 Å². The largest absolute Gasteiger partial charge is 0.401 e. The molecule has 0 spiro atoms. The van der Waals surface area contributed by atoms with Crippen LogP contribution >= 0.6 is 0 Å². The lowest BCUT2D eigenvalue weighted by Gasteiger charge is -2.39. The summed E-state index contributed by atoms with van der Waals surface area (Å²) in [5.41, 5.74) is 0.779. The zero-order valence-electron chi connectivity index (χ0n) is 17.2. The normalized spacial score (nSPS) is 19.6. The Labute approximate surface area is 172 Å². The molecule has 0 unspecified atom stereocenters. The fourth-order valence-corrected chi connectivity index (χ4v) is 4.34. The van der Waals surface area contributed by atoms with Gasteiger partial charge >= 0.3 is 6.18 Å². The van der Waals surface area contributed by atoms with Crippen LogP contribution in [0.5, 0.6) is 0 Å².